The van der Waals surface area contributed by atoms with E-state index in [0.717, 1.165) is 50.6 Å². The predicted octanol–water partition coefficient (Wildman–Crippen LogP) is 1.08. The average Bonchev–Trinajstić information content (AvgIpc) is 2.47. The van der Waals surface area contributed by atoms with Crippen LogP contribution in [0, 0.1) is 0 Å². The summed E-state index contributed by atoms with van der Waals surface area (Å²) in [4.78, 5) is 15.5. The van der Waals surface area contributed by atoms with Crippen molar-refractivity contribution in [3.63, 3.8) is 0 Å². The Morgan fingerprint density at radius 1 is 1.25 bits per heavy atom. The highest BCUT2D eigenvalue weighted by Gasteiger charge is 2.19. The summed E-state index contributed by atoms with van der Waals surface area (Å²) in [5.74, 6) is 0.715. The second-order valence-electron chi connectivity index (χ2n) is 5.07. The highest BCUT2D eigenvalue weighted by atomic mass is 16.5. The fourth-order valence-corrected chi connectivity index (χ4v) is 2.58. The SMILES string of the molecule is COc1ccccc1N1CCN(CCCC(N)=O)CC1. The number of primary amides is 1. The number of carbonyl (C=O) groups excluding carboxylic acids is 1. The Labute approximate surface area is 120 Å². The van der Waals surface area contributed by atoms with E-state index in [1.54, 1.807) is 7.11 Å². The maximum absolute atomic E-state index is 10.7. The number of nitrogens with zero attached hydrogens (tertiary/aromatic N) is 2. The monoisotopic (exact) mass is 277 g/mol. The first-order chi connectivity index (χ1) is 9.70. The minimum absolute atomic E-state index is 0.211. The molecule has 2 rings (SSSR count). The van der Waals surface area contributed by atoms with Crippen molar-refractivity contribution in [2.45, 2.75) is 12.8 Å². The number of carbonyl (C=O) groups is 1. The van der Waals surface area contributed by atoms with E-state index in [1.165, 1.54) is 0 Å². The molecular weight excluding hydrogens is 254 g/mol. The molecule has 1 aromatic rings. The summed E-state index contributed by atoms with van der Waals surface area (Å²) in [7, 11) is 1.71. The zero-order chi connectivity index (χ0) is 14.4. The maximum atomic E-state index is 10.7. The number of hydrogen-bond donors (Lipinski definition) is 1. The van der Waals surface area contributed by atoms with E-state index >= 15 is 0 Å². The molecule has 5 nitrogen and oxygen atoms in total. The Balaban J connectivity index is 1.83. The van der Waals surface area contributed by atoms with Gasteiger partial charge < -0.3 is 15.4 Å². The Morgan fingerprint density at radius 2 is 1.95 bits per heavy atom. The number of rotatable bonds is 6. The first-order valence-corrected chi connectivity index (χ1v) is 7.09. The molecule has 0 bridgehead atoms. The van der Waals surface area contributed by atoms with E-state index in [1.807, 2.05) is 18.2 Å². The van der Waals surface area contributed by atoms with Gasteiger partial charge >= 0.3 is 0 Å². The minimum atomic E-state index is -0.211. The van der Waals surface area contributed by atoms with Gasteiger partial charge in [0.05, 0.1) is 12.8 Å². The zero-order valence-electron chi connectivity index (χ0n) is 12.0. The zero-order valence-corrected chi connectivity index (χ0v) is 12.0. The number of piperazine rings is 1. The largest absolute Gasteiger partial charge is 0.495 e. The second kappa shape index (κ2) is 7.14. The van der Waals surface area contributed by atoms with Crippen LogP contribution in [0.15, 0.2) is 24.3 Å². The summed E-state index contributed by atoms with van der Waals surface area (Å²) in [5.41, 5.74) is 6.32. The Hall–Kier alpha value is -1.75. The lowest BCUT2D eigenvalue weighted by Gasteiger charge is -2.36. The summed E-state index contributed by atoms with van der Waals surface area (Å²) in [6.07, 6.45) is 1.33. The lowest BCUT2D eigenvalue weighted by atomic mass is 10.2. The van der Waals surface area contributed by atoms with Gasteiger partial charge in [-0.25, -0.2) is 0 Å². The van der Waals surface area contributed by atoms with E-state index < -0.39 is 0 Å². The van der Waals surface area contributed by atoms with Crippen LogP contribution in [-0.4, -0.2) is 50.6 Å². The molecule has 0 saturated carbocycles. The molecule has 0 aromatic heterocycles. The Kier molecular flexibility index (Phi) is 5.24. The van der Waals surface area contributed by atoms with Crippen LogP contribution >= 0.6 is 0 Å². The van der Waals surface area contributed by atoms with Crippen LogP contribution in [0.3, 0.4) is 0 Å². The lowest BCUT2D eigenvalue weighted by molar-refractivity contribution is -0.118. The van der Waals surface area contributed by atoms with Crippen LogP contribution in [0.5, 0.6) is 5.75 Å². The number of methoxy groups -OCH3 is 1. The van der Waals surface area contributed by atoms with Gasteiger partial charge in [0, 0.05) is 32.6 Å². The van der Waals surface area contributed by atoms with Crippen LogP contribution < -0.4 is 15.4 Å². The van der Waals surface area contributed by atoms with Gasteiger partial charge in [-0.15, -0.1) is 0 Å². The fraction of sp³-hybridized carbons (Fsp3) is 0.533. The predicted molar refractivity (Wildman–Crippen MR) is 80.1 cm³/mol. The normalized spacial score (nSPS) is 16.1. The molecule has 5 heteroatoms. The van der Waals surface area contributed by atoms with Gasteiger partial charge in [-0.3, -0.25) is 9.69 Å². The molecule has 1 fully saturated rings. The van der Waals surface area contributed by atoms with Crippen molar-refractivity contribution in [3.05, 3.63) is 24.3 Å². The Morgan fingerprint density at radius 3 is 2.60 bits per heavy atom. The molecule has 2 N–H and O–H groups in total. The molecule has 110 valence electrons. The fourth-order valence-electron chi connectivity index (χ4n) is 2.58. The smallest absolute Gasteiger partial charge is 0.217 e. The minimum Gasteiger partial charge on any atom is -0.495 e. The third kappa shape index (κ3) is 3.87. The van der Waals surface area contributed by atoms with E-state index in [9.17, 15) is 4.79 Å². The van der Waals surface area contributed by atoms with Crippen molar-refractivity contribution in [1.29, 1.82) is 0 Å². The van der Waals surface area contributed by atoms with Gasteiger partial charge in [0.15, 0.2) is 0 Å². The van der Waals surface area contributed by atoms with Crippen LogP contribution in [0.2, 0.25) is 0 Å². The van der Waals surface area contributed by atoms with Crippen LogP contribution in [0.25, 0.3) is 0 Å². The molecular formula is C15H23N3O2. The van der Waals surface area contributed by atoms with E-state index in [-0.39, 0.29) is 5.91 Å². The molecule has 20 heavy (non-hydrogen) atoms. The highest BCUT2D eigenvalue weighted by Crippen LogP contribution is 2.28. The summed E-state index contributed by atoms with van der Waals surface area (Å²) in [6.45, 7) is 4.93. The van der Waals surface area contributed by atoms with Gasteiger partial charge in [-0.2, -0.15) is 0 Å². The van der Waals surface area contributed by atoms with Crippen molar-refractivity contribution in [1.82, 2.24) is 4.90 Å². The number of ether oxygens (including phenoxy) is 1. The third-order valence-corrected chi connectivity index (χ3v) is 3.70. The molecule has 0 radical (unpaired) electrons. The molecule has 0 unspecified atom stereocenters. The summed E-state index contributed by atoms with van der Waals surface area (Å²) < 4.78 is 5.41. The van der Waals surface area contributed by atoms with Crippen molar-refractivity contribution in [3.8, 4) is 5.75 Å². The molecule has 1 amide bonds. The number of amides is 1. The van der Waals surface area contributed by atoms with E-state index in [0.29, 0.717) is 6.42 Å². The third-order valence-electron chi connectivity index (χ3n) is 3.70. The molecule has 1 saturated heterocycles. The summed E-state index contributed by atoms with van der Waals surface area (Å²) >= 11 is 0. The van der Waals surface area contributed by atoms with Crippen molar-refractivity contribution < 1.29 is 9.53 Å². The van der Waals surface area contributed by atoms with Crippen LogP contribution in [0.1, 0.15) is 12.8 Å². The first kappa shape index (κ1) is 14.7. The molecule has 1 aliphatic rings. The maximum Gasteiger partial charge on any atom is 0.217 e. The van der Waals surface area contributed by atoms with Crippen molar-refractivity contribution >= 4 is 11.6 Å². The quantitative estimate of drug-likeness (QED) is 0.845. The van der Waals surface area contributed by atoms with Gasteiger partial charge in [-0.05, 0) is 25.1 Å². The summed E-state index contributed by atoms with van der Waals surface area (Å²) in [6, 6.07) is 8.12. The number of para-hydroxylation sites is 2. The lowest BCUT2D eigenvalue weighted by Crippen LogP contribution is -2.46. The molecule has 1 heterocycles. The molecule has 1 aliphatic heterocycles. The number of nitrogens with two attached hydrogens (primary N) is 1. The Bertz CT molecular complexity index is 442. The standard InChI is InChI=1S/C15H23N3O2/c1-20-14-6-3-2-5-13(14)18-11-9-17(10-12-18)8-4-7-15(16)19/h2-3,5-6H,4,7-12H2,1H3,(H2,16,19). The molecule has 0 aliphatic carbocycles. The van der Waals surface area contributed by atoms with Gasteiger partial charge in [-0.1, -0.05) is 12.1 Å². The summed E-state index contributed by atoms with van der Waals surface area (Å²) in [5, 5.41) is 0. The molecule has 0 spiro atoms. The van der Waals surface area contributed by atoms with E-state index in [2.05, 4.69) is 15.9 Å². The van der Waals surface area contributed by atoms with Crippen molar-refractivity contribution in [2.75, 3.05) is 44.7 Å². The van der Waals surface area contributed by atoms with Gasteiger partial charge in [0.1, 0.15) is 5.75 Å². The highest BCUT2D eigenvalue weighted by molar-refractivity contribution is 5.73. The van der Waals surface area contributed by atoms with Gasteiger partial charge in [0.25, 0.3) is 0 Å². The van der Waals surface area contributed by atoms with E-state index in [4.69, 9.17) is 10.5 Å². The first-order valence-electron chi connectivity index (χ1n) is 7.09. The average molecular weight is 277 g/mol. The van der Waals surface area contributed by atoms with Crippen LogP contribution in [0.4, 0.5) is 5.69 Å². The second-order valence-corrected chi connectivity index (χ2v) is 5.07. The van der Waals surface area contributed by atoms with Gasteiger partial charge in [0.2, 0.25) is 5.91 Å². The number of benzene rings is 1. The topological polar surface area (TPSA) is 58.8 Å². The number of anilines is 1. The molecule has 1 aromatic carbocycles. The van der Waals surface area contributed by atoms with Crippen LogP contribution in [-0.2, 0) is 4.79 Å². The number of hydrogen-bond acceptors (Lipinski definition) is 4. The van der Waals surface area contributed by atoms with Crippen molar-refractivity contribution in [2.24, 2.45) is 5.73 Å². The molecule has 0 atom stereocenters.